The Morgan fingerprint density at radius 3 is 2.35 bits per heavy atom. The number of hydrogen-bond donors (Lipinski definition) is 2. The summed E-state index contributed by atoms with van der Waals surface area (Å²) in [7, 11) is 1.70. The van der Waals surface area contributed by atoms with Gasteiger partial charge in [-0.05, 0) is 66.7 Å². The molecule has 0 spiro atoms. The molecule has 9 heteroatoms. The number of rotatable bonds is 5. The first kappa shape index (κ1) is 25.7. The van der Waals surface area contributed by atoms with E-state index in [1.54, 1.807) is 25.9 Å². The summed E-state index contributed by atoms with van der Waals surface area (Å²) in [5.74, 6) is 0.0240. The van der Waals surface area contributed by atoms with Gasteiger partial charge in [-0.25, -0.2) is 4.79 Å². The number of aliphatic hydroxyl groups is 1. The van der Waals surface area contributed by atoms with Crippen LogP contribution in [-0.4, -0.2) is 102 Å². The lowest BCUT2D eigenvalue weighted by Crippen LogP contribution is -2.59. The molecular weight excluding hydrogens is 438 g/mol. The van der Waals surface area contributed by atoms with Gasteiger partial charge in [0.2, 0.25) is 5.91 Å². The van der Waals surface area contributed by atoms with Crippen LogP contribution < -0.4 is 5.32 Å². The number of fused-ring (bicyclic) bond motifs is 2. The zero-order valence-corrected chi connectivity index (χ0v) is 21.6. The van der Waals surface area contributed by atoms with Gasteiger partial charge in [-0.2, -0.15) is 0 Å². The van der Waals surface area contributed by atoms with Crippen molar-refractivity contribution in [3.63, 3.8) is 0 Å². The minimum Gasteiger partial charge on any atom is -0.444 e. The van der Waals surface area contributed by atoms with Crippen molar-refractivity contribution in [2.24, 2.45) is 5.41 Å². The smallest absolute Gasteiger partial charge is 0.410 e. The van der Waals surface area contributed by atoms with Crippen molar-refractivity contribution in [2.45, 2.75) is 108 Å². The number of hydrogen-bond acceptors (Lipinski definition) is 7. The van der Waals surface area contributed by atoms with Gasteiger partial charge in [-0.1, -0.05) is 0 Å². The van der Waals surface area contributed by atoms with E-state index in [-0.39, 0.29) is 42.3 Å². The maximum Gasteiger partial charge on any atom is 0.410 e. The number of carbonyl (C=O) groups excluding carboxylic acids is 2. The number of methoxy groups -OCH3 is 1. The second-order valence-electron chi connectivity index (χ2n) is 12.1. The second kappa shape index (κ2) is 9.22. The molecule has 6 atom stereocenters. The largest absolute Gasteiger partial charge is 0.444 e. The molecule has 2 amide bonds. The van der Waals surface area contributed by atoms with Gasteiger partial charge in [0.15, 0.2) is 0 Å². The Kier molecular flexibility index (Phi) is 6.96. The van der Waals surface area contributed by atoms with Gasteiger partial charge in [0.05, 0.1) is 35.8 Å². The summed E-state index contributed by atoms with van der Waals surface area (Å²) in [6.45, 7) is 11.4. The highest BCUT2D eigenvalue weighted by molar-refractivity contribution is 5.86. The average Bonchev–Trinajstić information content (AvgIpc) is 3.46. The van der Waals surface area contributed by atoms with Gasteiger partial charge in [-0.3, -0.25) is 4.79 Å². The maximum atomic E-state index is 14.0. The molecule has 3 heterocycles. The summed E-state index contributed by atoms with van der Waals surface area (Å²) in [4.78, 5) is 30.3. The van der Waals surface area contributed by atoms with Gasteiger partial charge in [0, 0.05) is 38.9 Å². The molecule has 4 fully saturated rings. The fourth-order valence-electron chi connectivity index (χ4n) is 6.37. The molecule has 34 heavy (non-hydrogen) atoms. The fraction of sp³-hybridized carbons (Fsp3) is 0.920. The molecule has 194 valence electrons. The molecule has 2 bridgehead atoms. The number of ether oxygens (including phenoxy) is 3. The molecule has 1 aliphatic carbocycles. The number of nitrogens with zero attached hydrogens (tertiary/aromatic N) is 2. The van der Waals surface area contributed by atoms with E-state index in [1.807, 2.05) is 25.7 Å². The number of likely N-dealkylation sites (tertiary alicyclic amines) is 2. The third kappa shape index (κ3) is 4.81. The quantitative estimate of drug-likeness (QED) is 0.619. The number of carbonyl (C=O) groups is 2. The van der Waals surface area contributed by atoms with Crippen LogP contribution in [0.15, 0.2) is 0 Å². The standard InChI is InChI=1S/C25H43N3O6/c1-23(2,3)34-22(30)28-14-17-11-18(28)13-27(17)21(29)25(24(4,5)31)9-7-16(12-25)26-19-8-10-33-15-20(19)32-6/h16-20,26,31H,7-15H2,1-6H3/t16-,17-,18-,19+,20-,25-/m1/s1. The number of nitrogens with one attached hydrogen (secondary N) is 1. The van der Waals surface area contributed by atoms with E-state index in [0.29, 0.717) is 39.1 Å². The third-order valence-electron chi connectivity index (χ3n) is 8.28. The normalized spacial score (nSPS) is 36.3. The molecule has 0 aromatic carbocycles. The highest BCUT2D eigenvalue weighted by Gasteiger charge is 2.59. The van der Waals surface area contributed by atoms with Crippen LogP contribution in [0.3, 0.4) is 0 Å². The van der Waals surface area contributed by atoms with Crippen molar-refractivity contribution in [2.75, 3.05) is 33.4 Å². The SMILES string of the molecule is CO[C@@H]1COCC[C@@H]1N[C@@H]1CC[C@@](C(=O)N2C[C@H]3C[C@@H]2CN3C(=O)OC(C)(C)C)(C(C)(C)O)C1. The fourth-order valence-corrected chi connectivity index (χ4v) is 6.37. The summed E-state index contributed by atoms with van der Waals surface area (Å²) in [6.07, 6.45) is 3.38. The van der Waals surface area contributed by atoms with Gasteiger partial charge >= 0.3 is 6.09 Å². The molecule has 3 aliphatic heterocycles. The first-order valence-electron chi connectivity index (χ1n) is 12.7. The van der Waals surface area contributed by atoms with Crippen molar-refractivity contribution in [1.29, 1.82) is 0 Å². The van der Waals surface area contributed by atoms with Crippen LogP contribution in [0.25, 0.3) is 0 Å². The van der Waals surface area contributed by atoms with Gasteiger partial charge in [0.1, 0.15) is 5.60 Å². The Bertz CT molecular complexity index is 778. The first-order chi connectivity index (χ1) is 15.8. The van der Waals surface area contributed by atoms with E-state index >= 15 is 0 Å². The Balaban J connectivity index is 1.43. The molecular formula is C25H43N3O6. The van der Waals surface area contributed by atoms with E-state index in [9.17, 15) is 14.7 Å². The maximum absolute atomic E-state index is 14.0. The topological polar surface area (TPSA) is 101 Å². The predicted octanol–water partition coefficient (Wildman–Crippen LogP) is 1.91. The molecule has 4 aliphatic rings. The van der Waals surface area contributed by atoms with Gasteiger partial charge in [-0.15, -0.1) is 0 Å². The Labute approximate surface area is 203 Å². The molecule has 0 radical (unpaired) electrons. The lowest BCUT2D eigenvalue weighted by atomic mass is 9.70. The van der Waals surface area contributed by atoms with Crippen LogP contribution in [0.1, 0.15) is 66.7 Å². The molecule has 2 N–H and O–H groups in total. The highest BCUT2D eigenvalue weighted by atomic mass is 16.6. The van der Waals surface area contributed by atoms with Crippen molar-refractivity contribution < 1.29 is 28.9 Å². The highest BCUT2D eigenvalue weighted by Crippen LogP contribution is 2.50. The van der Waals surface area contributed by atoms with Gasteiger partial charge < -0.3 is 34.4 Å². The number of amides is 2. The van der Waals surface area contributed by atoms with Crippen molar-refractivity contribution in [1.82, 2.24) is 15.1 Å². The average molecular weight is 482 g/mol. The minimum absolute atomic E-state index is 0.00487. The molecule has 4 rings (SSSR count). The van der Waals surface area contributed by atoms with E-state index in [1.165, 1.54) is 0 Å². The lowest BCUT2D eigenvalue weighted by molar-refractivity contribution is -0.160. The molecule has 0 unspecified atom stereocenters. The lowest BCUT2D eigenvalue weighted by Gasteiger charge is -2.45. The van der Waals surface area contributed by atoms with Crippen LogP contribution in [0.4, 0.5) is 4.79 Å². The first-order valence-corrected chi connectivity index (χ1v) is 12.7. The third-order valence-corrected chi connectivity index (χ3v) is 8.28. The van der Waals surface area contributed by atoms with E-state index in [4.69, 9.17) is 14.2 Å². The summed E-state index contributed by atoms with van der Waals surface area (Å²) in [6, 6.07) is 0.267. The van der Waals surface area contributed by atoms with Crippen LogP contribution in [-0.2, 0) is 19.0 Å². The minimum atomic E-state index is -1.15. The van der Waals surface area contributed by atoms with E-state index in [0.717, 1.165) is 19.3 Å². The van der Waals surface area contributed by atoms with E-state index in [2.05, 4.69) is 5.32 Å². The summed E-state index contributed by atoms with van der Waals surface area (Å²) >= 11 is 0. The molecule has 9 nitrogen and oxygen atoms in total. The molecule has 0 aromatic heterocycles. The monoisotopic (exact) mass is 481 g/mol. The van der Waals surface area contributed by atoms with Crippen molar-refractivity contribution in [3.05, 3.63) is 0 Å². The van der Waals surface area contributed by atoms with Crippen LogP contribution in [0.5, 0.6) is 0 Å². The summed E-state index contributed by atoms with van der Waals surface area (Å²) in [5.41, 5.74) is -2.54. The molecule has 1 saturated carbocycles. The second-order valence-corrected chi connectivity index (χ2v) is 12.1. The van der Waals surface area contributed by atoms with Crippen LogP contribution >= 0.6 is 0 Å². The van der Waals surface area contributed by atoms with Crippen LogP contribution in [0, 0.1) is 5.41 Å². The van der Waals surface area contributed by atoms with E-state index < -0.39 is 16.6 Å². The molecule has 3 saturated heterocycles. The Morgan fingerprint density at radius 1 is 1.09 bits per heavy atom. The Hall–Kier alpha value is -1.42. The van der Waals surface area contributed by atoms with Gasteiger partial charge in [0.25, 0.3) is 0 Å². The summed E-state index contributed by atoms with van der Waals surface area (Å²) < 4.78 is 16.7. The predicted molar refractivity (Wildman–Crippen MR) is 126 cm³/mol. The zero-order valence-electron chi connectivity index (χ0n) is 21.6. The molecule has 0 aromatic rings. The van der Waals surface area contributed by atoms with Crippen LogP contribution in [0.2, 0.25) is 0 Å². The summed E-state index contributed by atoms with van der Waals surface area (Å²) in [5, 5.41) is 15.0. The zero-order chi connectivity index (χ0) is 24.9. The Morgan fingerprint density at radius 2 is 1.76 bits per heavy atom. The van der Waals surface area contributed by atoms with Crippen molar-refractivity contribution >= 4 is 12.0 Å². The van der Waals surface area contributed by atoms with Crippen molar-refractivity contribution in [3.8, 4) is 0 Å². The number of piperazine rings is 1.